The third-order valence-corrected chi connectivity index (χ3v) is 3.82. The number of nitrogens with zero attached hydrogens (tertiary/aromatic N) is 4. The minimum absolute atomic E-state index is 0.185. The molecule has 116 valence electrons. The van der Waals surface area contributed by atoms with E-state index in [1.54, 1.807) is 4.57 Å². The van der Waals surface area contributed by atoms with E-state index in [1.807, 2.05) is 11.8 Å². The van der Waals surface area contributed by atoms with Gasteiger partial charge in [-0.2, -0.15) is 4.98 Å². The predicted molar refractivity (Wildman–Crippen MR) is 79.3 cm³/mol. The van der Waals surface area contributed by atoms with E-state index in [2.05, 4.69) is 9.97 Å². The molecule has 8 nitrogen and oxygen atoms in total. The number of aryl methyl sites for hydroxylation is 1. The number of fused-ring (bicyclic) bond motifs is 1. The van der Waals surface area contributed by atoms with Crippen molar-refractivity contribution in [3.63, 3.8) is 0 Å². The van der Waals surface area contributed by atoms with Crippen LogP contribution in [0.15, 0.2) is 17.2 Å². The number of rotatable bonds is 3. The van der Waals surface area contributed by atoms with Crippen LogP contribution in [0.2, 0.25) is 0 Å². The van der Waals surface area contributed by atoms with Gasteiger partial charge in [0.05, 0.1) is 11.5 Å². The molecule has 2 aromatic heterocycles. The van der Waals surface area contributed by atoms with Gasteiger partial charge in [0.15, 0.2) is 0 Å². The van der Waals surface area contributed by atoms with Crippen molar-refractivity contribution in [2.45, 2.75) is 26.0 Å². The van der Waals surface area contributed by atoms with Crippen molar-refractivity contribution in [1.29, 1.82) is 0 Å². The van der Waals surface area contributed by atoms with Crippen LogP contribution in [0.25, 0.3) is 11.0 Å². The van der Waals surface area contributed by atoms with E-state index in [0.29, 0.717) is 37.7 Å². The largest absolute Gasteiger partial charge is 0.477 e. The molecule has 0 bridgehead atoms. The van der Waals surface area contributed by atoms with Crippen molar-refractivity contribution in [3.05, 3.63) is 28.2 Å². The Morgan fingerprint density at radius 3 is 2.86 bits per heavy atom. The first-order chi connectivity index (χ1) is 10.5. The maximum Gasteiger partial charge on any atom is 0.341 e. The first-order valence-corrected chi connectivity index (χ1v) is 7.07. The van der Waals surface area contributed by atoms with Gasteiger partial charge in [-0.25, -0.2) is 9.78 Å². The van der Waals surface area contributed by atoms with Crippen molar-refractivity contribution < 1.29 is 15.0 Å². The summed E-state index contributed by atoms with van der Waals surface area (Å²) in [5.41, 5.74) is -0.466. The molecule has 0 spiro atoms. The van der Waals surface area contributed by atoms with E-state index in [-0.39, 0.29) is 10.9 Å². The maximum atomic E-state index is 12.2. The van der Waals surface area contributed by atoms with E-state index in [9.17, 15) is 14.7 Å². The number of carbonyl (C=O) groups is 1. The number of carboxylic acid groups (broad SMARTS) is 1. The third-order valence-electron chi connectivity index (χ3n) is 3.82. The Hall–Kier alpha value is -2.48. The van der Waals surface area contributed by atoms with Crippen LogP contribution in [0.5, 0.6) is 0 Å². The molecule has 0 aliphatic carbocycles. The van der Waals surface area contributed by atoms with Crippen LogP contribution in [0, 0.1) is 0 Å². The van der Waals surface area contributed by atoms with Gasteiger partial charge in [0.25, 0.3) is 0 Å². The summed E-state index contributed by atoms with van der Waals surface area (Å²) >= 11 is 0. The number of aliphatic hydroxyl groups is 1. The van der Waals surface area contributed by atoms with Crippen LogP contribution >= 0.6 is 0 Å². The van der Waals surface area contributed by atoms with E-state index < -0.39 is 17.5 Å². The molecule has 2 aromatic rings. The summed E-state index contributed by atoms with van der Waals surface area (Å²) in [6.45, 7) is 3.43. The Morgan fingerprint density at radius 2 is 2.27 bits per heavy atom. The number of pyridine rings is 1. The number of hydrogen-bond donors (Lipinski definition) is 2. The van der Waals surface area contributed by atoms with Crippen molar-refractivity contribution in [3.8, 4) is 0 Å². The van der Waals surface area contributed by atoms with Crippen LogP contribution in [0.1, 0.15) is 23.7 Å². The molecule has 0 radical (unpaired) electrons. The second-order valence-corrected chi connectivity index (χ2v) is 5.26. The van der Waals surface area contributed by atoms with Gasteiger partial charge in [-0.05, 0) is 13.3 Å². The Morgan fingerprint density at radius 1 is 1.50 bits per heavy atom. The van der Waals surface area contributed by atoms with Crippen molar-refractivity contribution in [2.75, 3.05) is 18.0 Å². The van der Waals surface area contributed by atoms with Crippen LogP contribution in [0.4, 0.5) is 5.95 Å². The minimum Gasteiger partial charge on any atom is -0.477 e. The van der Waals surface area contributed by atoms with Gasteiger partial charge in [0.1, 0.15) is 11.2 Å². The van der Waals surface area contributed by atoms with E-state index in [4.69, 9.17) is 5.11 Å². The van der Waals surface area contributed by atoms with E-state index in [0.717, 1.165) is 0 Å². The number of anilines is 1. The average Bonchev–Trinajstić information content (AvgIpc) is 2.93. The Labute approximate surface area is 125 Å². The van der Waals surface area contributed by atoms with Gasteiger partial charge in [0, 0.05) is 32.0 Å². The molecule has 22 heavy (non-hydrogen) atoms. The second-order valence-electron chi connectivity index (χ2n) is 5.26. The molecule has 0 aromatic carbocycles. The molecule has 1 aliphatic rings. The number of aromatic carboxylic acids is 1. The van der Waals surface area contributed by atoms with Crippen LogP contribution < -0.4 is 10.3 Å². The molecule has 3 heterocycles. The second kappa shape index (κ2) is 5.38. The summed E-state index contributed by atoms with van der Waals surface area (Å²) in [7, 11) is 0. The molecule has 0 saturated carbocycles. The lowest BCUT2D eigenvalue weighted by Gasteiger charge is -2.16. The Balaban J connectivity index is 2.18. The molecule has 0 amide bonds. The lowest BCUT2D eigenvalue weighted by molar-refractivity contribution is 0.0695. The number of aliphatic hydroxyl groups excluding tert-OH is 1. The fraction of sp³-hybridized carbons (Fsp3) is 0.429. The number of carboxylic acids is 1. The van der Waals surface area contributed by atoms with Crippen LogP contribution in [-0.4, -0.2) is 49.9 Å². The predicted octanol–water partition coefficient (Wildman–Crippen LogP) is 0.0806. The summed E-state index contributed by atoms with van der Waals surface area (Å²) < 4.78 is 1.62. The summed E-state index contributed by atoms with van der Waals surface area (Å²) in [5.74, 6) is -0.824. The van der Waals surface area contributed by atoms with Crippen molar-refractivity contribution >= 4 is 23.0 Å². The smallest absolute Gasteiger partial charge is 0.341 e. The van der Waals surface area contributed by atoms with Gasteiger partial charge in [-0.15, -0.1) is 0 Å². The summed E-state index contributed by atoms with van der Waals surface area (Å²) in [4.78, 5) is 33.8. The lowest BCUT2D eigenvalue weighted by Crippen LogP contribution is -2.25. The van der Waals surface area contributed by atoms with E-state index >= 15 is 0 Å². The normalized spacial score (nSPS) is 18.1. The Bertz CT molecular complexity index is 801. The van der Waals surface area contributed by atoms with Gasteiger partial charge in [-0.3, -0.25) is 4.79 Å². The van der Waals surface area contributed by atoms with Crippen LogP contribution in [0.3, 0.4) is 0 Å². The standard InChI is InChI=1S/C14H16N4O4/c1-2-17-7-10(13(21)22)11(20)9-5-15-14(16-12(9)17)18-4-3-8(19)6-18/h5,7-8,19H,2-4,6H2,1H3,(H,21,22). The van der Waals surface area contributed by atoms with Gasteiger partial charge in [0.2, 0.25) is 11.4 Å². The number of aromatic nitrogens is 3. The highest BCUT2D eigenvalue weighted by molar-refractivity contribution is 5.91. The first-order valence-electron chi connectivity index (χ1n) is 7.07. The topological polar surface area (TPSA) is 109 Å². The lowest BCUT2D eigenvalue weighted by atomic mass is 10.2. The highest BCUT2D eigenvalue weighted by Crippen LogP contribution is 2.18. The zero-order chi connectivity index (χ0) is 15.9. The Kier molecular flexibility index (Phi) is 3.53. The van der Waals surface area contributed by atoms with Crippen molar-refractivity contribution in [2.24, 2.45) is 0 Å². The van der Waals surface area contributed by atoms with Gasteiger partial charge in [-0.1, -0.05) is 0 Å². The number of β-amino-alcohol motifs (C(OH)–C–C–N with tert-alkyl or cyclic N) is 1. The molecule has 2 N–H and O–H groups in total. The maximum absolute atomic E-state index is 12.2. The van der Waals surface area contributed by atoms with Crippen LogP contribution in [-0.2, 0) is 6.54 Å². The zero-order valence-corrected chi connectivity index (χ0v) is 12.1. The molecule has 1 fully saturated rings. The molecule has 1 aliphatic heterocycles. The molecule has 1 unspecified atom stereocenters. The molecule has 8 heteroatoms. The highest BCUT2D eigenvalue weighted by atomic mass is 16.4. The van der Waals surface area contributed by atoms with Gasteiger partial charge >= 0.3 is 5.97 Å². The number of hydrogen-bond acceptors (Lipinski definition) is 6. The molecular formula is C14H16N4O4. The molecular weight excluding hydrogens is 288 g/mol. The molecule has 1 atom stereocenters. The minimum atomic E-state index is -1.26. The third kappa shape index (κ3) is 2.31. The van der Waals surface area contributed by atoms with E-state index in [1.165, 1.54) is 12.4 Å². The fourth-order valence-corrected chi connectivity index (χ4v) is 2.63. The fourth-order valence-electron chi connectivity index (χ4n) is 2.63. The average molecular weight is 304 g/mol. The quantitative estimate of drug-likeness (QED) is 0.826. The summed E-state index contributed by atoms with van der Waals surface area (Å²) in [6, 6.07) is 0. The SMILES string of the molecule is CCn1cc(C(=O)O)c(=O)c2cnc(N3CCC(O)C3)nc21. The first kappa shape index (κ1) is 14.5. The monoisotopic (exact) mass is 304 g/mol. The zero-order valence-electron chi connectivity index (χ0n) is 12.1. The van der Waals surface area contributed by atoms with Crippen molar-refractivity contribution in [1.82, 2.24) is 14.5 Å². The molecule has 1 saturated heterocycles. The highest BCUT2D eigenvalue weighted by Gasteiger charge is 2.23. The molecule has 3 rings (SSSR count). The van der Waals surface area contributed by atoms with Gasteiger partial charge < -0.3 is 19.7 Å². The summed E-state index contributed by atoms with van der Waals surface area (Å²) in [5, 5.41) is 18.9. The summed E-state index contributed by atoms with van der Waals surface area (Å²) in [6.07, 6.45) is 2.92.